The van der Waals surface area contributed by atoms with E-state index in [1.807, 2.05) is 6.92 Å². The molecule has 1 N–H and O–H groups in total. The summed E-state index contributed by atoms with van der Waals surface area (Å²) in [5.74, 6) is 0.310. The van der Waals surface area contributed by atoms with E-state index in [4.69, 9.17) is 8.85 Å². The second-order valence-electron chi connectivity index (χ2n) is 3.14. The van der Waals surface area contributed by atoms with Crippen molar-refractivity contribution in [2.24, 2.45) is 0 Å². The normalized spacial score (nSPS) is 15.9. The molecule has 1 rings (SSSR count). The summed E-state index contributed by atoms with van der Waals surface area (Å²) in [7, 11) is -2.42. The summed E-state index contributed by atoms with van der Waals surface area (Å²) in [6.07, 6.45) is 1.35. The van der Waals surface area contributed by atoms with Gasteiger partial charge in [0.25, 0.3) is 0 Å². The molecule has 1 amide bonds. The quantitative estimate of drug-likeness (QED) is 0.722. The minimum absolute atomic E-state index is 0.0434. The molecule has 76 valence electrons. The van der Waals surface area contributed by atoms with Crippen LogP contribution >= 0.6 is 0 Å². The Bertz CT molecular complexity index is 362. The van der Waals surface area contributed by atoms with Crippen LogP contribution in [-0.2, 0) is 11.2 Å². The van der Waals surface area contributed by atoms with Crippen molar-refractivity contribution in [1.82, 2.24) is 5.32 Å². The fourth-order valence-electron chi connectivity index (χ4n) is 1.22. The molecule has 1 aromatic rings. The number of nitrogens with one attached hydrogen (secondary N) is 1. The fourth-order valence-corrected chi connectivity index (χ4v) is 1.22. The first kappa shape index (κ1) is 6.87. The molecule has 0 radical (unpaired) electrons. The van der Waals surface area contributed by atoms with Gasteiger partial charge in [-0.2, -0.15) is 0 Å². The zero-order valence-corrected chi connectivity index (χ0v) is 7.99. The largest absolute Gasteiger partial charge is 0.497 e. The Morgan fingerprint density at radius 1 is 1.57 bits per heavy atom. The van der Waals surface area contributed by atoms with Crippen LogP contribution in [0.2, 0.25) is 0 Å². The number of ether oxygens (including phenoxy) is 1. The van der Waals surface area contributed by atoms with E-state index in [1.54, 1.807) is 24.3 Å². The lowest BCUT2D eigenvalue weighted by molar-refractivity contribution is -0.110. The summed E-state index contributed by atoms with van der Waals surface area (Å²) >= 11 is 0. The lowest BCUT2D eigenvalue weighted by Gasteiger charge is -2.10. The van der Waals surface area contributed by atoms with Crippen molar-refractivity contribution in [3.63, 3.8) is 0 Å². The standard InChI is InChI=1S/C11H15NO2/c1-9(12-8-13)7-10-3-5-11(14-2)6-4-10/h3-6,8-9H,7H2,1-2H3,(H,12,13)/i2D3. The van der Waals surface area contributed by atoms with E-state index in [0.29, 0.717) is 18.6 Å². The van der Waals surface area contributed by atoms with Gasteiger partial charge in [0, 0.05) is 6.04 Å². The van der Waals surface area contributed by atoms with Crippen molar-refractivity contribution >= 4 is 6.41 Å². The highest BCUT2D eigenvalue weighted by Gasteiger charge is 2.01. The zero-order chi connectivity index (χ0) is 12.9. The topological polar surface area (TPSA) is 38.3 Å². The first-order valence-electron chi connectivity index (χ1n) is 5.88. The van der Waals surface area contributed by atoms with Gasteiger partial charge in [-0.05, 0) is 31.0 Å². The zero-order valence-electron chi connectivity index (χ0n) is 11.0. The summed E-state index contributed by atoms with van der Waals surface area (Å²) in [4.78, 5) is 10.2. The van der Waals surface area contributed by atoms with Gasteiger partial charge in [0.15, 0.2) is 0 Å². The maximum atomic E-state index is 10.2. The highest BCUT2D eigenvalue weighted by Crippen LogP contribution is 2.12. The second-order valence-corrected chi connectivity index (χ2v) is 3.14. The third-order valence-electron chi connectivity index (χ3n) is 1.94. The van der Waals surface area contributed by atoms with Gasteiger partial charge in [-0.1, -0.05) is 12.1 Å². The summed E-state index contributed by atoms with van der Waals surface area (Å²) in [5, 5.41) is 2.65. The number of hydrogen-bond donors (Lipinski definition) is 1. The highest BCUT2D eigenvalue weighted by atomic mass is 16.5. The van der Waals surface area contributed by atoms with E-state index in [9.17, 15) is 4.79 Å². The van der Waals surface area contributed by atoms with E-state index < -0.39 is 7.04 Å². The van der Waals surface area contributed by atoms with Crippen molar-refractivity contribution in [3.8, 4) is 5.75 Å². The van der Waals surface area contributed by atoms with Crippen molar-refractivity contribution in [2.75, 3.05) is 7.04 Å². The molecular weight excluding hydrogens is 178 g/mol. The molecule has 0 aliphatic carbocycles. The van der Waals surface area contributed by atoms with Crippen LogP contribution in [-0.4, -0.2) is 19.5 Å². The van der Waals surface area contributed by atoms with Crippen molar-refractivity contribution < 1.29 is 13.6 Å². The Morgan fingerprint density at radius 2 is 2.29 bits per heavy atom. The number of carbonyl (C=O) groups excluding carboxylic acids is 1. The molecule has 1 unspecified atom stereocenters. The Kier molecular flexibility index (Phi) is 2.59. The number of methoxy groups -OCH3 is 1. The van der Waals surface area contributed by atoms with Crippen LogP contribution < -0.4 is 10.1 Å². The van der Waals surface area contributed by atoms with Crippen molar-refractivity contribution in [3.05, 3.63) is 29.8 Å². The monoisotopic (exact) mass is 196 g/mol. The van der Waals surface area contributed by atoms with Crippen LogP contribution in [0.25, 0.3) is 0 Å². The lowest BCUT2D eigenvalue weighted by atomic mass is 10.1. The average Bonchev–Trinajstić information content (AvgIpc) is 2.19. The Hall–Kier alpha value is -1.51. The van der Waals surface area contributed by atoms with E-state index in [1.165, 1.54) is 0 Å². The molecule has 1 atom stereocenters. The second kappa shape index (κ2) is 5.27. The Balaban J connectivity index is 2.59. The summed E-state index contributed by atoms with van der Waals surface area (Å²) in [6.45, 7) is 1.89. The molecule has 0 saturated carbocycles. The number of carbonyl (C=O) groups is 1. The van der Waals surface area contributed by atoms with Gasteiger partial charge in [0.2, 0.25) is 6.41 Å². The summed E-state index contributed by atoms with van der Waals surface area (Å²) in [5.41, 5.74) is 1.00. The lowest BCUT2D eigenvalue weighted by Crippen LogP contribution is -2.26. The molecule has 3 heteroatoms. The molecule has 0 aliphatic heterocycles. The van der Waals surface area contributed by atoms with E-state index in [2.05, 4.69) is 5.32 Å². The average molecular weight is 196 g/mol. The molecule has 3 nitrogen and oxygen atoms in total. The van der Waals surface area contributed by atoms with Crippen LogP contribution in [0.15, 0.2) is 24.3 Å². The van der Waals surface area contributed by atoms with E-state index in [-0.39, 0.29) is 6.04 Å². The van der Waals surface area contributed by atoms with Gasteiger partial charge in [-0.25, -0.2) is 0 Å². The summed E-state index contributed by atoms with van der Waals surface area (Å²) < 4.78 is 25.6. The summed E-state index contributed by atoms with van der Waals surface area (Å²) in [6, 6.07) is 6.82. The molecule has 0 saturated heterocycles. The predicted octanol–water partition coefficient (Wildman–Crippen LogP) is 1.37. The van der Waals surface area contributed by atoms with Gasteiger partial charge >= 0.3 is 0 Å². The van der Waals surface area contributed by atoms with Crippen molar-refractivity contribution in [2.45, 2.75) is 19.4 Å². The molecule has 0 spiro atoms. The number of amides is 1. The van der Waals surface area contributed by atoms with Gasteiger partial charge in [0.1, 0.15) is 5.75 Å². The minimum Gasteiger partial charge on any atom is -0.497 e. The van der Waals surface area contributed by atoms with Crippen LogP contribution in [0.4, 0.5) is 0 Å². The van der Waals surface area contributed by atoms with Crippen LogP contribution in [0.1, 0.15) is 16.6 Å². The van der Waals surface area contributed by atoms with E-state index >= 15 is 0 Å². The maximum Gasteiger partial charge on any atom is 0.207 e. The molecule has 0 fully saturated rings. The van der Waals surface area contributed by atoms with Gasteiger partial charge in [0.05, 0.1) is 11.2 Å². The molecule has 1 aromatic carbocycles. The molecule has 0 aromatic heterocycles. The smallest absolute Gasteiger partial charge is 0.207 e. The SMILES string of the molecule is [2H]C([2H])([2H])Oc1ccc(CC(C)NC=O)cc1. The maximum absolute atomic E-state index is 10.2. The predicted molar refractivity (Wildman–Crippen MR) is 55.4 cm³/mol. The first-order valence-corrected chi connectivity index (χ1v) is 4.38. The van der Waals surface area contributed by atoms with Crippen LogP contribution in [0.5, 0.6) is 5.75 Å². The molecule has 0 bridgehead atoms. The molecule has 14 heavy (non-hydrogen) atoms. The highest BCUT2D eigenvalue weighted by molar-refractivity contribution is 5.46. The first-order chi connectivity index (χ1) is 7.90. The van der Waals surface area contributed by atoms with Crippen LogP contribution in [0, 0.1) is 0 Å². The van der Waals surface area contributed by atoms with Crippen molar-refractivity contribution in [1.29, 1.82) is 0 Å². The number of hydrogen-bond acceptors (Lipinski definition) is 2. The number of benzene rings is 1. The molecule has 0 heterocycles. The molecule has 0 aliphatic rings. The van der Waals surface area contributed by atoms with E-state index in [0.717, 1.165) is 5.56 Å². The Labute approximate surface area is 88.3 Å². The fraction of sp³-hybridized carbons (Fsp3) is 0.364. The third-order valence-corrected chi connectivity index (χ3v) is 1.94. The molecular formula is C11H15NO2. The number of rotatable bonds is 5. The van der Waals surface area contributed by atoms with Crippen LogP contribution in [0.3, 0.4) is 0 Å². The van der Waals surface area contributed by atoms with Gasteiger partial charge < -0.3 is 10.1 Å². The third kappa shape index (κ3) is 3.09. The Morgan fingerprint density at radius 3 is 2.86 bits per heavy atom. The minimum atomic E-state index is -2.42. The van der Waals surface area contributed by atoms with Gasteiger partial charge in [-0.15, -0.1) is 0 Å². The van der Waals surface area contributed by atoms with Gasteiger partial charge in [-0.3, -0.25) is 4.79 Å².